The van der Waals surface area contributed by atoms with Crippen LogP contribution in [0.1, 0.15) is 17.0 Å². The predicted octanol–water partition coefficient (Wildman–Crippen LogP) is 1.52. The monoisotopic (exact) mass is 239 g/mol. The standard InChI is InChI=1S/C10H14ClN5/c1-6-8(4-15(3)13-6)5-16-10(12)9(11)7(2)14-16/h4H,5,12H2,1-3H3. The highest BCUT2D eigenvalue weighted by Crippen LogP contribution is 2.23. The van der Waals surface area contributed by atoms with Gasteiger partial charge in [0.2, 0.25) is 0 Å². The van der Waals surface area contributed by atoms with Crippen molar-refractivity contribution < 1.29 is 0 Å². The van der Waals surface area contributed by atoms with Crippen LogP contribution in [0.25, 0.3) is 0 Å². The van der Waals surface area contributed by atoms with Gasteiger partial charge in [0.05, 0.1) is 17.9 Å². The van der Waals surface area contributed by atoms with Crippen molar-refractivity contribution in [2.24, 2.45) is 7.05 Å². The zero-order valence-electron chi connectivity index (χ0n) is 9.53. The van der Waals surface area contributed by atoms with Crippen LogP contribution >= 0.6 is 11.6 Å². The lowest BCUT2D eigenvalue weighted by Crippen LogP contribution is -2.06. The first-order valence-corrected chi connectivity index (χ1v) is 5.34. The molecule has 0 aliphatic carbocycles. The lowest BCUT2D eigenvalue weighted by Gasteiger charge is -2.02. The summed E-state index contributed by atoms with van der Waals surface area (Å²) in [7, 11) is 1.89. The maximum atomic E-state index is 5.98. The number of nitrogen functional groups attached to an aromatic ring is 1. The summed E-state index contributed by atoms with van der Waals surface area (Å²) in [6.07, 6.45) is 1.96. The molecule has 5 nitrogen and oxygen atoms in total. The molecular formula is C10H14ClN5. The third-order valence-corrected chi connectivity index (χ3v) is 2.99. The second-order valence-electron chi connectivity index (χ2n) is 3.86. The number of nitrogens with two attached hydrogens (primary N) is 1. The normalized spacial score (nSPS) is 11.0. The van der Waals surface area contributed by atoms with E-state index >= 15 is 0 Å². The summed E-state index contributed by atoms with van der Waals surface area (Å²) in [5.41, 5.74) is 8.67. The molecule has 2 heterocycles. The Hall–Kier alpha value is -1.49. The van der Waals surface area contributed by atoms with E-state index in [1.165, 1.54) is 0 Å². The van der Waals surface area contributed by atoms with Crippen LogP contribution in [-0.2, 0) is 13.6 Å². The van der Waals surface area contributed by atoms with E-state index in [-0.39, 0.29) is 0 Å². The third-order valence-electron chi connectivity index (χ3n) is 2.53. The van der Waals surface area contributed by atoms with Crippen LogP contribution in [0.15, 0.2) is 6.20 Å². The van der Waals surface area contributed by atoms with Gasteiger partial charge < -0.3 is 5.73 Å². The molecule has 0 aliphatic rings. The van der Waals surface area contributed by atoms with Gasteiger partial charge in [-0.15, -0.1) is 0 Å². The largest absolute Gasteiger partial charge is 0.383 e. The summed E-state index contributed by atoms with van der Waals surface area (Å²) in [5.74, 6) is 0.502. The number of anilines is 1. The van der Waals surface area contributed by atoms with Crippen LogP contribution in [0.5, 0.6) is 0 Å². The third kappa shape index (κ3) is 1.78. The molecule has 0 amide bonds. The van der Waals surface area contributed by atoms with E-state index in [1.807, 2.05) is 27.1 Å². The molecule has 0 atom stereocenters. The van der Waals surface area contributed by atoms with E-state index < -0.39 is 0 Å². The fourth-order valence-corrected chi connectivity index (χ4v) is 1.80. The van der Waals surface area contributed by atoms with Crippen LogP contribution in [0, 0.1) is 13.8 Å². The van der Waals surface area contributed by atoms with Gasteiger partial charge in [-0.05, 0) is 13.8 Å². The first-order chi connectivity index (χ1) is 7.49. The smallest absolute Gasteiger partial charge is 0.141 e. The van der Waals surface area contributed by atoms with Crippen LogP contribution < -0.4 is 5.73 Å². The van der Waals surface area contributed by atoms with Crippen molar-refractivity contribution in [3.8, 4) is 0 Å². The lowest BCUT2D eigenvalue weighted by molar-refractivity contribution is 0.686. The zero-order chi connectivity index (χ0) is 11.9. The Morgan fingerprint density at radius 1 is 1.31 bits per heavy atom. The van der Waals surface area contributed by atoms with Gasteiger partial charge in [0.25, 0.3) is 0 Å². The minimum absolute atomic E-state index is 0.502. The van der Waals surface area contributed by atoms with E-state index in [0.29, 0.717) is 17.4 Å². The molecule has 0 fully saturated rings. The quantitative estimate of drug-likeness (QED) is 0.864. The maximum absolute atomic E-state index is 5.98. The van der Waals surface area contributed by atoms with Gasteiger partial charge in [0.1, 0.15) is 10.8 Å². The summed E-state index contributed by atoms with van der Waals surface area (Å²) in [5, 5.41) is 9.08. The Balaban J connectivity index is 2.34. The average molecular weight is 240 g/mol. The van der Waals surface area contributed by atoms with Crippen molar-refractivity contribution in [3.05, 3.63) is 28.2 Å². The van der Waals surface area contributed by atoms with E-state index in [2.05, 4.69) is 10.2 Å². The van der Waals surface area contributed by atoms with Crippen molar-refractivity contribution in [1.29, 1.82) is 0 Å². The number of aryl methyl sites for hydroxylation is 3. The molecule has 0 bridgehead atoms. The Morgan fingerprint density at radius 2 is 2.00 bits per heavy atom. The molecule has 2 aromatic rings. The highest BCUT2D eigenvalue weighted by Gasteiger charge is 2.12. The van der Waals surface area contributed by atoms with Crippen LogP contribution in [0.2, 0.25) is 5.02 Å². The number of hydrogen-bond acceptors (Lipinski definition) is 3. The van der Waals surface area contributed by atoms with Gasteiger partial charge in [0.15, 0.2) is 0 Å². The summed E-state index contributed by atoms with van der Waals surface area (Å²) in [6.45, 7) is 4.40. The summed E-state index contributed by atoms with van der Waals surface area (Å²) in [6, 6.07) is 0. The molecule has 0 spiro atoms. The molecule has 0 saturated carbocycles. The molecule has 0 aliphatic heterocycles. The van der Waals surface area contributed by atoms with Crippen LogP contribution in [0.4, 0.5) is 5.82 Å². The molecule has 2 rings (SSSR count). The zero-order valence-corrected chi connectivity index (χ0v) is 10.3. The van der Waals surface area contributed by atoms with Gasteiger partial charge in [-0.3, -0.25) is 4.68 Å². The Bertz CT molecular complexity index is 526. The van der Waals surface area contributed by atoms with Crippen LogP contribution in [-0.4, -0.2) is 19.6 Å². The minimum atomic E-state index is 0.502. The maximum Gasteiger partial charge on any atom is 0.141 e. The van der Waals surface area contributed by atoms with Gasteiger partial charge in [-0.1, -0.05) is 11.6 Å². The number of rotatable bonds is 2. The fraction of sp³-hybridized carbons (Fsp3) is 0.400. The van der Waals surface area contributed by atoms with Crippen molar-refractivity contribution in [3.63, 3.8) is 0 Å². The van der Waals surface area contributed by atoms with E-state index in [0.717, 1.165) is 17.0 Å². The summed E-state index contributed by atoms with van der Waals surface area (Å²) < 4.78 is 3.47. The Kier molecular flexibility index (Phi) is 2.63. The topological polar surface area (TPSA) is 61.7 Å². The molecule has 0 aromatic carbocycles. The summed E-state index contributed by atoms with van der Waals surface area (Å²) >= 11 is 5.98. The van der Waals surface area contributed by atoms with Gasteiger partial charge in [0, 0.05) is 18.8 Å². The first kappa shape index (κ1) is 11.0. The Morgan fingerprint density at radius 3 is 2.44 bits per heavy atom. The fourth-order valence-electron chi connectivity index (χ4n) is 1.66. The minimum Gasteiger partial charge on any atom is -0.383 e. The predicted molar refractivity (Wildman–Crippen MR) is 63.4 cm³/mol. The van der Waals surface area contributed by atoms with Crippen molar-refractivity contribution in [2.45, 2.75) is 20.4 Å². The SMILES string of the molecule is Cc1nn(C)cc1Cn1nc(C)c(Cl)c1N. The molecule has 0 radical (unpaired) electrons. The Labute approximate surface area is 98.8 Å². The molecule has 0 saturated heterocycles. The lowest BCUT2D eigenvalue weighted by atomic mass is 10.3. The first-order valence-electron chi connectivity index (χ1n) is 4.96. The van der Waals surface area contributed by atoms with E-state index in [9.17, 15) is 0 Å². The molecule has 2 N–H and O–H groups in total. The number of aromatic nitrogens is 4. The number of nitrogens with zero attached hydrogens (tertiary/aromatic N) is 4. The molecule has 6 heteroatoms. The number of hydrogen-bond donors (Lipinski definition) is 1. The van der Waals surface area contributed by atoms with Crippen molar-refractivity contribution >= 4 is 17.4 Å². The van der Waals surface area contributed by atoms with Crippen molar-refractivity contribution in [1.82, 2.24) is 19.6 Å². The van der Waals surface area contributed by atoms with E-state index in [1.54, 1.807) is 9.36 Å². The average Bonchev–Trinajstić information content (AvgIpc) is 2.64. The number of halogens is 1. The molecule has 86 valence electrons. The van der Waals surface area contributed by atoms with Crippen molar-refractivity contribution in [2.75, 3.05) is 5.73 Å². The van der Waals surface area contributed by atoms with Gasteiger partial charge in [-0.25, -0.2) is 4.68 Å². The van der Waals surface area contributed by atoms with E-state index in [4.69, 9.17) is 17.3 Å². The molecule has 16 heavy (non-hydrogen) atoms. The second kappa shape index (κ2) is 3.83. The second-order valence-corrected chi connectivity index (χ2v) is 4.23. The van der Waals surface area contributed by atoms with Gasteiger partial charge in [-0.2, -0.15) is 10.2 Å². The van der Waals surface area contributed by atoms with Gasteiger partial charge >= 0.3 is 0 Å². The highest BCUT2D eigenvalue weighted by atomic mass is 35.5. The molecular weight excluding hydrogens is 226 g/mol. The van der Waals surface area contributed by atoms with Crippen LogP contribution in [0.3, 0.4) is 0 Å². The highest BCUT2D eigenvalue weighted by molar-refractivity contribution is 6.33. The molecule has 2 aromatic heterocycles. The molecule has 0 unspecified atom stereocenters. The summed E-state index contributed by atoms with van der Waals surface area (Å²) in [4.78, 5) is 0.